The van der Waals surface area contributed by atoms with Crippen molar-refractivity contribution in [3.63, 3.8) is 0 Å². The molecule has 2 unspecified atom stereocenters. The van der Waals surface area contributed by atoms with Crippen molar-refractivity contribution in [3.8, 4) is 0 Å². The standard InChI is InChI=1S/C42H72N2O12S/c1-8-32-11-15-34(16-12-32)38(48)55-29-41(3,25-51-7)27-53-36(46)19-22-44(40(50)57-24-10-21-43(5)6)23-20-37(47)54-28-42(4,26-52-31-45)30-56-39(49)35-17-13-33(9-2)14-18-35/h31-35H,8-30H2,1-7H3. The number of carbonyl (C=O) groups excluding carboxylic acids is 6. The lowest BCUT2D eigenvalue weighted by molar-refractivity contribution is -0.162. The third-order valence-corrected chi connectivity index (χ3v) is 12.2. The Balaban J connectivity index is 1.93. The molecule has 2 saturated carbocycles. The van der Waals surface area contributed by atoms with Crippen LogP contribution in [-0.2, 0) is 52.4 Å². The molecule has 0 aliphatic heterocycles. The Morgan fingerprint density at radius 3 is 1.49 bits per heavy atom. The van der Waals surface area contributed by atoms with Crippen molar-refractivity contribution >= 4 is 47.4 Å². The predicted molar refractivity (Wildman–Crippen MR) is 217 cm³/mol. The molecule has 2 fully saturated rings. The highest BCUT2D eigenvalue weighted by Gasteiger charge is 2.34. The van der Waals surface area contributed by atoms with Crippen LogP contribution in [0.5, 0.6) is 0 Å². The highest BCUT2D eigenvalue weighted by Crippen LogP contribution is 2.33. The number of ether oxygens (including phenoxy) is 6. The summed E-state index contributed by atoms with van der Waals surface area (Å²) in [5.74, 6) is -0.100. The van der Waals surface area contributed by atoms with Crippen LogP contribution in [0.3, 0.4) is 0 Å². The molecule has 0 spiro atoms. The number of rotatable bonds is 27. The van der Waals surface area contributed by atoms with Crippen LogP contribution >= 0.6 is 11.8 Å². The molecule has 2 rings (SSSR count). The fourth-order valence-electron chi connectivity index (χ4n) is 7.21. The minimum Gasteiger partial charge on any atom is -0.467 e. The van der Waals surface area contributed by atoms with Crippen LogP contribution in [-0.4, -0.2) is 132 Å². The first-order valence-corrected chi connectivity index (χ1v) is 21.9. The molecule has 57 heavy (non-hydrogen) atoms. The van der Waals surface area contributed by atoms with Crippen LogP contribution in [0.15, 0.2) is 0 Å². The summed E-state index contributed by atoms with van der Waals surface area (Å²) in [5.41, 5.74) is -1.74. The quantitative estimate of drug-likeness (QED) is 0.0392. The second kappa shape index (κ2) is 27.0. The molecule has 0 aromatic carbocycles. The number of nitrogens with zero attached hydrogens (tertiary/aromatic N) is 2. The number of hydrogen-bond donors (Lipinski definition) is 0. The van der Waals surface area contributed by atoms with Crippen LogP contribution in [0, 0.1) is 34.5 Å². The minimum absolute atomic E-state index is 0.000109. The van der Waals surface area contributed by atoms with E-state index in [-0.39, 0.29) is 94.6 Å². The number of hydrogen-bond acceptors (Lipinski definition) is 14. The van der Waals surface area contributed by atoms with E-state index in [0.29, 0.717) is 24.1 Å². The molecular weight excluding hydrogens is 757 g/mol. The van der Waals surface area contributed by atoms with Gasteiger partial charge in [0.15, 0.2) is 0 Å². The highest BCUT2D eigenvalue weighted by molar-refractivity contribution is 8.13. The van der Waals surface area contributed by atoms with Crippen LogP contribution in [0.1, 0.15) is 111 Å². The van der Waals surface area contributed by atoms with E-state index in [1.807, 2.05) is 25.9 Å². The summed E-state index contributed by atoms with van der Waals surface area (Å²) >= 11 is 1.12. The van der Waals surface area contributed by atoms with Gasteiger partial charge in [0, 0.05) is 26.0 Å². The first-order chi connectivity index (χ1) is 27.2. The largest absolute Gasteiger partial charge is 0.467 e. The van der Waals surface area contributed by atoms with Gasteiger partial charge in [0.2, 0.25) is 0 Å². The summed E-state index contributed by atoms with van der Waals surface area (Å²) in [6.45, 7) is 8.79. The zero-order valence-electron chi connectivity index (χ0n) is 35.9. The summed E-state index contributed by atoms with van der Waals surface area (Å²) in [4.78, 5) is 79.4. The van der Waals surface area contributed by atoms with Crippen molar-refractivity contribution in [3.05, 3.63) is 0 Å². The zero-order chi connectivity index (χ0) is 42.3. The Hall–Kier alpha value is -2.91. The molecule has 1 amide bonds. The Morgan fingerprint density at radius 2 is 1.09 bits per heavy atom. The molecule has 15 heteroatoms. The number of carbonyl (C=O) groups is 6. The van der Waals surface area contributed by atoms with Gasteiger partial charge in [0.25, 0.3) is 11.7 Å². The summed E-state index contributed by atoms with van der Waals surface area (Å²) in [7, 11) is 5.44. The average molecular weight is 829 g/mol. The Kier molecular flexibility index (Phi) is 23.8. The Morgan fingerprint density at radius 1 is 0.649 bits per heavy atom. The summed E-state index contributed by atoms with van der Waals surface area (Å²) < 4.78 is 32.9. The highest BCUT2D eigenvalue weighted by atomic mass is 32.2. The van der Waals surface area contributed by atoms with Gasteiger partial charge in [0.05, 0.1) is 42.1 Å². The van der Waals surface area contributed by atoms with Gasteiger partial charge in [-0.2, -0.15) is 0 Å². The predicted octanol–water partition coefficient (Wildman–Crippen LogP) is 6.31. The molecule has 0 N–H and O–H groups in total. The van der Waals surface area contributed by atoms with Gasteiger partial charge in [0.1, 0.15) is 33.0 Å². The van der Waals surface area contributed by atoms with Gasteiger partial charge < -0.3 is 38.2 Å². The van der Waals surface area contributed by atoms with Crippen LogP contribution in [0.25, 0.3) is 0 Å². The minimum atomic E-state index is -0.974. The van der Waals surface area contributed by atoms with Crippen molar-refractivity contribution in [1.29, 1.82) is 0 Å². The van der Waals surface area contributed by atoms with Crippen LogP contribution < -0.4 is 0 Å². The van der Waals surface area contributed by atoms with E-state index in [1.54, 1.807) is 6.92 Å². The van der Waals surface area contributed by atoms with Crippen molar-refractivity contribution < 1.29 is 57.2 Å². The van der Waals surface area contributed by atoms with E-state index in [4.69, 9.17) is 28.4 Å². The normalized spacial score (nSPS) is 21.7. The second-order valence-corrected chi connectivity index (χ2v) is 18.1. The van der Waals surface area contributed by atoms with Gasteiger partial charge in [-0.3, -0.25) is 28.8 Å². The lowest BCUT2D eigenvalue weighted by Crippen LogP contribution is -2.38. The lowest BCUT2D eigenvalue weighted by atomic mass is 9.81. The molecule has 0 saturated heterocycles. The topological polar surface area (TPSA) is 164 Å². The maximum atomic E-state index is 13.3. The molecule has 0 heterocycles. The van der Waals surface area contributed by atoms with Crippen LogP contribution in [0.4, 0.5) is 4.79 Å². The van der Waals surface area contributed by atoms with Gasteiger partial charge >= 0.3 is 23.9 Å². The zero-order valence-corrected chi connectivity index (χ0v) is 36.7. The molecule has 0 aromatic rings. The third-order valence-electron chi connectivity index (χ3n) is 11.2. The van der Waals surface area contributed by atoms with E-state index in [9.17, 15) is 28.8 Å². The molecule has 0 radical (unpaired) electrons. The molecule has 328 valence electrons. The monoisotopic (exact) mass is 828 g/mol. The lowest BCUT2D eigenvalue weighted by Gasteiger charge is -2.30. The third kappa shape index (κ3) is 20.1. The first-order valence-electron chi connectivity index (χ1n) is 20.9. The van der Waals surface area contributed by atoms with Gasteiger partial charge in [-0.1, -0.05) is 45.4 Å². The van der Waals surface area contributed by atoms with Crippen molar-refractivity contribution in [2.24, 2.45) is 34.5 Å². The molecule has 0 aromatic heterocycles. The van der Waals surface area contributed by atoms with E-state index in [0.717, 1.165) is 88.9 Å². The van der Waals surface area contributed by atoms with Gasteiger partial charge in [-0.15, -0.1) is 0 Å². The van der Waals surface area contributed by atoms with E-state index >= 15 is 0 Å². The van der Waals surface area contributed by atoms with Crippen molar-refractivity contribution in [1.82, 2.24) is 9.80 Å². The van der Waals surface area contributed by atoms with E-state index in [1.165, 1.54) is 12.0 Å². The van der Waals surface area contributed by atoms with E-state index < -0.39 is 22.8 Å². The molecule has 2 atom stereocenters. The number of amides is 1. The summed E-state index contributed by atoms with van der Waals surface area (Å²) in [6, 6.07) is 0. The fraction of sp³-hybridized carbons (Fsp3) is 0.857. The molecular formula is C42H72N2O12S. The van der Waals surface area contributed by atoms with Crippen LogP contribution in [0.2, 0.25) is 0 Å². The maximum Gasteiger partial charge on any atom is 0.308 e. The smallest absolute Gasteiger partial charge is 0.308 e. The molecule has 0 bridgehead atoms. The molecule has 2 aliphatic carbocycles. The average Bonchev–Trinajstić information content (AvgIpc) is 3.21. The van der Waals surface area contributed by atoms with Crippen molar-refractivity contribution in [2.75, 3.05) is 86.2 Å². The van der Waals surface area contributed by atoms with Gasteiger partial charge in [-0.25, -0.2) is 0 Å². The number of thioether (sulfide) groups is 1. The first kappa shape index (κ1) is 50.2. The van der Waals surface area contributed by atoms with E-state index in [2.05, 4.69) is 13.8 Å². The summed E-state index contributed by atoms with van der Waals surface area (Å²) in [6.07, 6.45) is 9.93. The van der Waals surface area contributed by atoms with Crippen molar-refractivity contribution in [2.45, 2.75) is 111 Å². The SMILES string of the molecule is CCC1CCC(C(=O)OCC(C)(COC)COC(=O)CCN(CCC(=O)OCC(C)(COC=O)COC(=O)C2CCC(CC)CC2)C(=O)SCCCN(C)C)CC1. The van der Waals surface area contributed by atoms with Gasteiger partial charge in [-0.05, 0) is 97.2 Å². The number of methoxy groups -OCH3 is 1. The maximum absolute atomic E-state index is 13.3. The Bertz CT molecular complexity index is 1240. The summed E-state index contributed by atoms with van der Waals surface area (Å²) in [5, 5.41) is -0.275. The molecule has 2 aliphatic rings. The Labute approximate surface area is 345 Å². The second-order valence-electron chi connectivity index (χ2n) is 17.0. The molecule has 14 nitrogen and oxygen atoms in total. The number of esters is 4. The fourth-order valence-corrected chi connectivity index (χ4v) is 8.02.